The highest BCUT2D eigenvalue weighted by Crippen LogP contribution is 2.27. The van der Waals surface area contributed by atoms with Crippen molar-refractivity contribution in [3.63, 3.8) is 0 Å². The van der Waals surface area contributed by atoms with Crippen LogP contribution >= 0.6 is 15.9 Å². The maximum Gasteiger partial charge on any atom is 0.392 e. The van der Waals surface area contributed by atoms with Gasteiger partial charge in [-0.2, -0.15) is 13.2 Å². The van der Waals surface area contributed by atoms with Gasteiger partial charge in [0.05, 0.1) is 18.0 Å². The van der Waals surface area contributed by atoms with Crippen molar-refractivity contribution in [2.75, 3.05) is 6.61 Å². The molecule has 8 heteroatoms. The van der Waals surface area contributed by atoms with Crippen LogP contribution in [0.15, 0.2) is 18.2 Å². The predicted molar refractivity (Wildman–Crippen MR) is 61.9 cm³/mol. The molecule has 0 fully saturated rings. The first-order chi connectivity index (χ1) is 8.33. The van der Waals surface area contributed by atoms with Crippen LogP contribution in [0.5, 0.6) is 5.75 Å². The number of rotatable bonds is 5. The quantitative estimate of drug-likeness (QED) is 0.469. The van der Waals surface area contributed by atoms with Crippen molar-refractivity contribution in [3.05, 3.63) is 33.9 Å². The van der Waals surface area contributed by atoms with Crippen molar-refractivity contribution in [2.45, 2.75) is 17.9 Å². The first kappa shape index (κ1) is 14.7. The molecule has 0 aliphatic rings. The zero-order valence-electron chi connectivity index (χ0n) is 9.04. The number of hydrogen-bond donors (Lipinski definition) is 0. The Balaban J connectivity index is 2.74. The molecule has 0 aliphatic carbocycles. The van der Waals surface area contributed by atoms with Gasteiger partial charge >= 0.3 is 6.18 Å². The minimum absolute atomic E-state index is 0.132. The van der Waals surface area contributed by atoms with Crippen LogP contribution in [0.25, 0.3) is 0 Å². The van der Waals surface area contributed by atoms with E-state index in [-0.39, 0.29) is 16.8 Å². The van der Waals surface area contributed by atoms with Gasteiger partial charge in [-0.05, 0) is 6.07 Å². The van der Waals surface area contributed by atoms with Crippen LogP contribution in [0.3, 0.4) is 0 Å². The second-order valence-corrected chi connectivity index (χ2v) is 3.96. The van der Waals surface area contributed by atoms with Gasteiger partial charge in [-0.1, -0.05) is 15.9 Å². The Morgan fingerprint density at radius 1 is 1.39 bits per heavy atom. The molecule has 100 valence electrons. The molecule has 0 aliphatic heterocycles. The molecular formula is C10H9BrF3NO3. The molecule has 0 amide bonds. The summed E-state index contributed by atoms with van der Waals surface area (Å²) in [7, 11) is 0. The molecule has 0 radical (unpaired) electrons. The number of alkyl halides is 4. The van der Waals surface area contributed by atoms with E-state index in [0.717, 1.165) is 0 Å². The summed E-state index contributed by atoms with van der Waals surface area (Å²) in [6.07, 6.45) is -5.35. The molecule has 0 aromatic heterocycles. The summed E-state index contributed by atoms with van der Waals surface area (Å²) >= 11 is 3.10. The van der Waals surface area contributed by atoms with Crippen molar-refractivity contribution in [1.29, 1.82) is 0 Å². The summed E-state index contributed by atoms with van der Waals surface area (Å²) in [5.74, 6) is 0.210. The third kappa shape index (κ3) is 4.52. The maximum atomic E-state index is 11.9. The van der Waals surface area contributed by atoms with E-state index >= 15 is 0 Å². The van der Waals surface area contributed by atoms with E-state index < -0.39 is 24.1 Å². The summed E-state index contributed by atoms with van der Waals surface area (Å²) in [6.45, 7) is -0.513. The monoisotopic (exact) mass is 327 g/mol. The average Bonchev–Trinajstić information content (AvgIpc) is 2.27. The molecule has 0 unspecified atom stereocenters. The molecule has 0 spiro atoms. The molecule has 0 heterocycles. The first-order valence-corrected chi connectivity index (χ1v) is 5.98. The second kappa shape index (κ2) is 6.03. The standard InChI is InChI=1S/C10H9BrF3NO3/c11-6-7-5-8(15(16)17)1-2-9(7)18-4-3-10(12,13)14/h1-2,5H,3-4,6H2. The Bertz CT molecular complexity index is 437. The van der Waals surface area contributed by atoms with Crippen molar-refractivity contribution in [1.82, 2.24) is 0 Å². The number of nitrogens with zero attached hydrogens (tertiary/aromatic N) is 1. The van der Waals surface area contributed by atoms with Crippen LogP contribution in [-0.4, -0.2) is 17.7 Å². The molecule has 1 aromatic rings. The number of benzene rings is 1. The van der Waals surface area contributed by atoms with Gasteiger partial charge < -0.3 is 4.74 Å². The van der Waals surface area contributed by atoms with Crippen molar-refractivity contribution in [2.24, 2.45) is 0 Å². The minimum Gasteiger partial charge on any atom is -0.493 e. The van der Waals surface area contributed by atoms with E-state index in [2.05, 4.69) is 15.9 Å². The number of ether oxygens (including phenoxy) is 1. The smallest absolute Gasteiger partial charge is 0.392 e. The third-order valence-corrected chi connectivity index (χ3v) is 2.65. The van der Waals surface area contributed by atoms with E-state index in [4.69, 9.17) is 4.74 Å². The van der Waals surface area contributed by atoms with Gasteiger partial charge in [0.1, 0.15) is 5.75 Å². The van der Waals surface area contributed by atoms with E-state index in [0.29, 0.717) is 5.56 Å². The molecule has 1 rings (SSSR count). The van der Waals surface area contributed by atoms with Gasteiger partial charge in [-0.3, -0.25) is 10.1 Å². The van der Waals surface area contributed by atoms with Gasteiger partial charge in [0.2, 0.25) is 0 Å². The van der Waals surface area contributed by atoms with E-state index in [1.165, 1.54) is 18.2 Å². The summed E-state index contributed by atoms with van der Waals surface area (Å²) in [5, 5.41) is 10.8. The first-order valence-electron chi connectivity index (χ1n) is 4.86. The van der Waals surface area contributed by atoms with E-state index in [1.807, 2.05) is 0 Å². The highest BCUT2D eigenvalue weighted by molar-refractivity contribution is 9.08. The lowest BCUT2D eigenvalue weighted by atomic mass is 10.2. The fourth-order valence-electron chi connectivity index (χ4n) is 1.20. The molecular weight excluding hydrogens is 319 g/mol. The average molecular weight is 328 g/mol. The highest BCUT2D eigenvalue weighted by atomic mass is 79.9. The fourth-order valence-corrected chi connectivity index (χ4v) is 1.64. The van der Waals surface area contributed by atoms with Crippen molar-refractivity contribution >= 4 is 21.6 Å². The van der Waals surface area contributed by atoms with Crippen LogP contribution < -0.4 is 4.74 Å². The Morgan fingerprint density at radius 3 is 2.56 bits per heavy atom. The lowest BCUT2D eigenvalue weighted by molar-refractivity contribution is -0.384. The SMILES string of the molecule is O=[N+]([O-])c1ccc(OCCC(F)(F)F)c(CBr)c1. The summed E-state index contributed by atoms with van der Waals surface area (Å²) in [4.78, 5) is 9.95. The number of non-ortho nitro benzene ring substituents is 1. The molecule has 1 aromatic carbocycles. The zero-order valence-corrected chi connectivity index (χ0v) is 10.6. The van der Waals surface area contributed by atoms with E-state index in [1.54, 1.807) is 0 Å². The summed E-state index contributed by atoms with van der Waals surface area (Å²) in [6, 6.07) is 3.75. The molecule has 18 heavy (non-hydrogen) atoms. The summed E-state index contributed by atoms with van der Waals surface area (Å²) < 4.78 is 40.8. The van der Waals surface area contributed by atoms with Gasteiger partial charge in [-0.25, -0.2) is 0 Å². The maximum absolute atomic E-state index is 11.9. The third-order valence-electron chi connectivity index (χ3n) is 2.04. The van der Waals surface area contributed by atoms with Gasteiger partial charge in [-0.15, -0.1) is 0 Å². The lowest BCUT2D eigenvalue weighted by Crippen LogP contribution is -2.13. The molecule has 0 saturated heterocycles. The number of nitro groups is 1. The molecule has 0 N–H and O–H groups in total. The Morgan fingerprint density at radius 2 is 2.06 bits per heavy atom. The van der Waals surface area contributed by atoms with Gasteiger partial charge in [0.15, 0.2) is 0 Å². The van der Waals surface area contributed by atoms with Gasteiger partial charge in [0.25, 0.3) is 5.69 Å². The number of halogens is 4. The second-order valence-electron chi connectivity index (χ2n) is 3.40. The zero-order chi connectivity index (χ0) is 13.8. The van der Waals surface area contributed by atoms with Crippen LogP contribution in [0, 0.1) is 10.1 Å². The van der Waals surface area contributed by atoms with Crippen molar-refractivity contribution < 1.29 is 22.8 Å². The van der Waals surface area contributed by atoms with Crippen molar-refractivity contribution in [3.8, 4) is 5.75 Å². The van der Waals surface area contributed by atoms with Gasteiger partial charge in [0, 0.05) is 23.0 Å². The Labute approximate surface area is 109 Å². The Kier molecular flexibility index (Phi) is 4.94. The van der Waals surface area contributed by atoms with E-state index in [9.17, 15) is 23.3 Å². The Hall–Kier alpha value is -1.31. The fraction of sp³-hybridized carbons (Fsp3) is 0.400. The number of nitro benzene ring substituents is 1. The molecule has 4 nitrogen and oxygen atoms in total. The minimum atomic E-state index is -4.28. The molecule has 0 atom stereocenters. The highest BCUT2D eigenvalue weighted by Gasteiger charge is 2.27. The van der Waals surface area contributed by atoms with Crippen LogP contribution in [0.1, 0.15) is 12.0 Å². The largest absolute Gasteiger partial charge is 0.493 e. The van der Waals surface area contributed by atoms with Crippen LogP contribution in [0.2, 0.25) is 0 Å². The lowest BCUT2D eigenvalue weighted by Gasteiger charge is -2.11. The molecule has 0 bridgehead atoms. The predicted octanol–water partition coefficient (Wildman–Crippen LogP) is 3.82. The topological polar surface area (TPSA) is 52.4 Å². The number of hydrogen-bond acceptors (Lipinski definition) is 3. The van der Waals surface area contributed by atoms with Crippen LogP contribution in [0.4, 0.5) is 18.9 Å². The molecule has 0 saturated carbocycles. The van der Waals surface area contributed by atoms with Crippen LogP contribution in [-0.2, 0) is 5.33 Å². The summed E-state index contributed by atoms with van der Waals surface area (Å²) in [5.41, 5.74) is 0.305. The normalized spacial score (nSPS) is 11.3.